The summed E-state index contributed by atoms with van der Waals surface area (Å²) in [6.07, 6.45) is 0.599. The lowest BCUT2D eigenvalue weighted by Crippen LogP contribution is -2.55. The van der Waals surface area contributed by atoms with Gasteiger partial charge in [0.1, 0.15) is 11.8 Å². The van der Waals surface area contributed by atoms with Gasteiger partial charge in [-0.1, -0.05) is 55.8 Å². The molecule has 2 atom stereocenters. The Morgan fingerprint density at radius 2 is 1.77 bits per heavy atom. The Hall–Kier alpha value is -2.55. The molecule has 7 nitrogen and oxygen atoms in total. The zero-order valence-electron chi connectivity index (χ0n) is 17.8. The van der Waals surface area contributed by atoms with Crippen molar-refractivity contribution in [1.82, 2.24) is 10.6 Å². The maximum atomic E-state index is 12.9. The van der Waals surface area contributed by atoms with Gasteiger partial charge in [-0.05, 0) is 42.5 Å². The Morgan fingerprint density at radius 1 is 1.10 bits per heavy atom. The van der Waals surface area contributed by atoms with Crippen molar-refractivity contribution in [3.63, 3.8) is 0 Å². The third kappa shape index (κ3) is 7.58. The molecule has 0 saturated carbocycles. The van der Waals surface area contributed by atoms with Crippen molar-refractivity contribution in [3.05, 3.63) is 64.7 Å². The van der Waals surface area contributed by atoms with Gasteiger partial charge in [0.2, 0.25) is 5.91 Å². The van der Waals surface area contributed by atoms with Gasteiger partial charge in [0.05, 0.1) is 23.6 Å². The van der Waals surface area contributed by atoms with E-state index in [4.69, 9.17) is 16.3 Å². The first-order chi connectivity index (χ1) is 14.7. The van der Waals surface area contributed by atoms with E-state index in [1.165, 1.54) is 19.2 Å². The minimum Gasteiger partial charge on any atom is -0.497 e. The number of carbonyl (C=O) groups is 2. The van der Waals surface area contributed by atoms with E-state index in [1.54, 1.807) is 6.07 Å². The van der Waals surface area contributed by atoms with Crippen LogP contribution in [0, 0.1) is 5.92 Å². The summed E-state index contributed by atoms with van der Waals surface area (Å²) in [4.78, 5) is 25.7. The number of hydrogen-bond donors (Lipinski definition) is 4. The minimum absolute atomic E-state index is 0.106. The summed E-state index contributed by atoms with van der Waals surface area (Å²) >= 11 is 6.18. The Kier molecular flexibility index (Phi) is 9.36. The van der Waals surface area contributed by atoms with E-state index in [2.05, 4.69) is 10.6 Å². The molecule has 0 saturated heterocycles. The molecule has 0 aliphatic rings. The van der Waals surface area contributed by atoms with Gasteiger partial charge >= 0.3 is 7.12 Å². The van der Waals surface area contributed by atoms with Gasteiger partial charge in [-0.25, -0.2) is 0 Å². The zero-order valence-corrected chi connectivity index (χ0v) is 18.6. The van der Waals surface area contributed by atoms with Crippen LogP contribution in [0.4, 0.5) is 0 Å². The van der Waals surface area contributed by atoms with Crippen molar-refractivity contribution in [1.29, 1.82) is 0 Å². The number of ether oxygens (including phenoxy) is 1. The summed E-state index contributed by atoms with van der Waals surface area (Å²) in [7, 11) is -0.258. The van der Waals surface area contributed by atoms with Crippen molar-refractivity contribution in [2.45, 2.75) is 38.7 Å². The fourth-order valence-electron chi connectivity index (χ4n) is 3.13. The fourth-order valence-corrected chi connectivity index (χ4v) is 3.38. The van der Waals surface area contributed by atoms with Gasteiger partial charge in [0, 0.05) is 0 Å². The number of hydrogen-bond acceptors (Lipinski definition) is 5. The predicted molar refractivity (Wildman–Crippen MR) is 121 cm³/mol. The van der Waals surface area contributed by atoms with Gasteiger partial charge in [0.15, 0.2) is 0 Å². The van der Waals surface area contributed by atoms with Crippen LogP contribution in [0.5, 0.6) is 5.75 Å². The predicted octanol–water partition coefficient (Wildman–Crippen LogP) is 2.23. The standard InChI is InChI=1S/C22H28BClN2O5/c1-14(2)11-19(25-21(27)17-10-9-16(31-3)13-18(17)24)22(28)26-20(23(29)30)12-15-7-5-4-6-8-15/h4-10,13-14,19-20,29-30H,11-12H2,1-3H3,(H,25,27)(H,26,28). The van der Waals surface area contributed by atoms with Crippen LogP contribution < -0.4 is 15.4 Å². The smallest absolute Gasteiger partial charge is 0.475 e. The highest BCUT2D eigenvalue weighted by atomic mass is 35.5. The minimum atomic E-state index is -1.75. The zero-order chi connectivity index (χ0) is 23.0. The van der Waals surface area contributed by atoms with Crippen LogP contribution in [0.15, 0.2) is 48.5 Å². The Bertz CT molecular complexity index is 879. The van der Waals surface area contributed by atoms with Crippen LogP contribution >= 0.6 is 11.6 Å². The molecule has 4 N–H and O–H groups in total. The molecule has 2 aromatic rings. The lowest BCUT2D eigenvalue weighted by Gasteiger charge is -2.24. The Labute approximate surface area is 187 Å². The third-order valence-corrected chi connectivity index (χ3v) is 5.05. The van der Waals surface area contributed by atoms with Crippen LogP contribution in [-0.2, 0) is 11.2 Å². The molecule has 0 aliphatic carbocycles. The van der Waals surface area contributed by atoms with Crippen molar-refractivity contribution in [2.24, 2.45) is 5.92 Å². The third-order valence-electron chi connectivity index (χ3n) is 4.74. The lowest BCUT2D eigenvalue weighted by atomic mass is 9.75. The molecule has 9 heteroatoms. The van der Waals surface area contributed by atoms with Gasteiger partial charge in [-0.15, -0.1) is 0 Å². The first-order valence-corrected chi connectivity index (χ1v) is 10.4. The van der Waals surface area contributed by atoms with E-state index in [1.807, 2.05) is 44.2 Å². The molecule has 2 aromatic carbocycles. The molecule has 31 heavy (non-hydrogen) atoms. The molecule has 0 bridgehead atoms. The molecular formula is C22H28BClN2O5. The van der Waals surface area contributed by atoms with E-state index in [0.717, 1.165) is 5.56 Å². The quantitative estimate of drug-likeness (QED) is 0.419. The van der Waals surface area contributed by atoms with E-state index < -0.39 is 30.9 Å². The number of amides is 2. The molecule has 0 radical (unpaired) electrons. The normalized spacial score (nSPS) is 12.7. The summed E-state index contributed by atoms with van der Waals surface area (Å²) in [6.45, 7) is 3.85. The highest BCUT2D eigenvalue weighted by molar-refractivity contribution is 6.43. The van der Waals surface area contributed by atoms with Crippen LogP contribution in [0.1, 0.15) is 36.2 Å². The molecule has 0 heterocycles. The Balaban J connectivity index is 2.14. The molecule has 0 spiro atoms. The number of carbonyl (C=O) groups excluding carboxylic acids is 2. The van der Waals surface area contributed by atoms with Crippen LogP contribution in [0.3, 0.4) is 0 Å². The summed E-state index contributed by atoms with van der Waals surface area (Å²) < 4.78 is 5.09. The topological polar surface area (TPSA) is 108 Å². The van der Waals surface area contributed by atoms with Gasteiger partial charge in [-0.2, -0.15) is 0 Å². The second-order valence-corrected chi connectivity index (χ2v) is 8.13. The van der Waals surface area contributed by atoms with Crippen molar-refractivity contribution in [2.75, 3.05) is 7.11 Å². The second kappa shape index (κ2) is 11.7. The number of methoxy groups -OCH3 is 1. The first kappa shape index (κ1) is 24.7. The molecular weight excluding hydrogens is 419 g/mol. The average Bonchev–Trinajstić information content (AvgIpc) is 2.72. The average molecular weight is 447 g/mol. The molecule has 0 aromatic heterocycles. The Morgan fingerprint density at radius 3 is 2.32 bits per heavy atom. The highest BCUT2D eigenvalue weighted by Crippen LogP contribution is 2.22. The summed E-state index contributed by atoms with van der Waals surface area (Å²) in [5.41, 5.74) is 1.06. The lowest BCUT2D eigenvalue weighted by molar-refractivity contribution is -0.123. The molecule has 2 amide bonds. The highest BCUT2D eigenvalue weighted by Gasteiger charge is 2.30. The number of nitrogens with one attached hydrogen (secondary N) is 2. The monoisotopic (exact) mass is 446 g/mol. The maximum absolute atomic E-state index is 12.9. The van der Waals surface area contributed by atoms with Crippen LogP contribution in [0.25, 0.3) is 0 Å². The van der Waals surface area contributed by atoms with Gasteiger partial charge in [0.25, 0.3) is 5.91 Å². The van der Waals surface area contributed by atoms with Crippen molar-refractivity contribution < 1.29 is 24.4 Å². The molecule has 2 unspecified atom stereocenters. The SMILES string of the molecule is COc1ccc(C(=O)NC(CC(C)C)C(=O)NC(Cc2ccccc2)B(O)O)c(Cl)c1. The first-order valence-electron chi connectivity index (χ1n) is 10.1. The van der Waals surface area contributed by atoms with E-state index in [0.29, 0.717) is 12.2 Å². The summed E-state index contributed by atoms with van der Waals surface area (Å²) in [5, 5.41) is 25.1. The van der Waals surface area contributed by atoms with Crippen LogP contribution in [-0.4, -0.2) is 48.1 Å². The maximum Gasteiger partial charge on any atom is 0.475 e. The largest absolute Gasteiger partial charge is 0.497 e. The molecule has 2 rings (SSSR count). The summed E-state index contributed by atoms with van der Waals surface area (Å²) in [6, 6.07) is 13.0. The van der Waals surface area contributed by atoms with Crippen molar-refractivity contribution in [3.8, 4) is 5.75 Å². The van der Waals surface area contributed by atoms with Crippen molar-refractivity contribution >= 4 is 30.5 Å². The van der Waals surface area contributed by atoms with Crippen LogP contribution in [0.2, 0.25) is 5.02 Å². The van der Waals surface area contributed by atoms with E-state index >= 15 is 0 Å². The van der Waals surface area contributed by atoms with Gasteiger partial charge < -0.3 is 25.4 Å². The summed E-state index contributed by atoms with van der Waals surface area (Å²) in [5.74, 6) is -1.31. The van der Waals surface area contributed by atoms with E-state index in [9.17, 15) is 19.6 Å². The fraction of sp³-hybridized carbons (Fsp3) is 0.364. The molecule has 166 valence electrons. The second-order valence-electron chi connectivity index (χ2n) is 7.72. The van der Waals surface area contributed by atoms with E-state index in [-0.39, 0.29) is 22.9 Å². The molecule has 0 fully saturated rings. The number of benzene rings is 2. The number of rotatable bonds is 10. The van der Waals surface area contributed by atoms with Gasteiger partial charge in [-0.3, -0.25) is 9.59 Å². The number of halogens is 1. The molecule has 0 aliphatic heterocycles.